The fourth-order valence-electron chi connectivity index (χ4n) is 10.1. The number of hydrogen-bond donors (Lipinski definition) is 0. The van der Waals surface area contributed by atoms with Gasteiger partial charge in [-0.3, -0.25) is 4.31 Å². The van der Waals surface area contributed by atoms with Gasteiger partial charge in [0.05, 0.1) is 9.79 Å². The van der Waals surface area contributed by atoms with Crippen LogP contribution in [0.25, 0.3) is 5.57 Å². The Balaban J connectivity index is 1.38. The lowest BCUT2D eigenvalue weighted by Gasteiger charge is -2.72. The minimum absolute atomic E-state index is 0.0637. The molecule has 2 saturated carbocycles. The molecule has 0 amide bonds. The molecule has 0 aromatic heterocycles. The van der Waals surface area contributed by atoms with Crippen LogP contribution in [0.5, 0.6) is 0 Å². The first-order chi connectivity index (χ1) is 22.1. The molecule has 4 aliphatic carbocycles. The lowest BCUT2D eigenvalue weighted by molar-refractivity contribution is -0.140. The second-order valence-corrected chi connectivity index (χ2v) is 17.2. The third-order valence-corrected chi connectivity index (χ3v) is 15.1. The minimum atomic E-state index is -4.19. The Kier molecular flexibility index (Phi) is 5.57. The van der Waals surface area contributed by atoms with Crippen molar-refractivity contribution in [3.63, 3.8) is 0 Å². The van der Waals surface area contributed by atoms with E-state index >= 15 is 8.42 Å². The van der Waals surface area contributed by atoms with E-state index in [0.29, 0.717) is 0 Å². The Labute approximate surface area is 270 Å². The molecule has 9 rings (SSSR count). The monoisotopic (exact) mass is 646 g/mol. The Hall–Kier alpha value is -4.01. The van der Waals surface area contributed by atoms with Crippen molar-refractivity contribution in [2.24, 2.45) is 15.2 Å². The fraction of sp³-hybridized carbons (Fsp3) is 0.289. The van der Waals surface area contributed by atoms with E-state index in [-0.39, 0.29) is 27.0 Å². The van der Waals surface area contributed by atoms with Gasteiger partial charge in [0.2, 0.25) is 0 Å². The van der Waals surface area contributed by atoms with Crippen LogP contribution >= 0.6 is 0 Å². The average molecular weight is 647 g/mol. The van der Waals surface area contributed by atoms with Crippen LogP contribution in [0.4, 0.5) is 0 Å². The van der Waals surface area contributed by atoms with Gasteiger partial charge in [-0.05, 0) is 103 Å². The van der Waals surface area contributed by atoms with Crippen LogP contribution in [-0.2, 0) is 25.6 Å². The van der Waals surface area contributed by atoms with Crippen LogP contribution in [0.1, 0.15) is 70.9 Å². The molecule has 8 heteroatoms. The zero-order valence-corrected chi connectivity index (χ0v) is 27.4. The van der Waals surface area contributed by atoms with E-state index in [1.54, 1.807) is 36.4 Å². The highest BCUT2D eigenvalue weighted by atomic mass is 32.2. The van der Waals surface area contributed by atoms with Crippen molar-refractivity contribution >= 4 is 31.8 Å². The summed E-state index contributed by atoms with van der Waals surface area (Å²) in [6.07, 6.45) is 6.99. The number of hydrogen-bond acceptors (Lipinski definition) is 4. The normalized spacial score (nSPS) is 30.2. The maximum absolute atomic E-state index is 15.1. The van der Waals surface area contributed by atoms with Gasteiger partial charge in [-0.2, -0.15) is 12.8 Å². The summed E-state index contributed by atoms with van der Waals surface area (Å²) in [6, 6.07) is 30.1. The van der Waals surface area contributed by atoms with Crippen molar-refractivity contribution in [2.45, 2.75) is 66.7 Å². The molecular formula is C38H34N2O4S2. The van der Waals surface area contributed by atoms with Crippen molar-refractivity contribution in [1.29, 1.82) is 0 Å². The predicted octanol–water partition coefficient (Wildman–Crippen LogP) is 7.46. The van der Waals surface area contributed by atoms with Gasteiger partial charge in [0.1, 0.15) is 5.54 Å². The molecule has 46 heavy (non-hydrogen) atoms. The zero-order chi connectivity index (χ0) is 31.7. The number of rotatable bonds is 5. The van der Waals surface area contributed by atoms with Crippen molar-refractivity contribution in [2.75, 3.05) is 0 Å². The quantitative estimate of drug-likeness (QED) is 0.211. The van der Waals surface area contributed by atoms with Gasteiger partial charge >= 0.3 is 0 Å². The maximum atomic E-state index is 15.1. The van der Waals surface area contributed by atoms with Crippen molar-refractivity contribution < 1.29 is 16.8 Å². The third-order valence-electron chi connectivity index (χ3n) is 12.0. The molecule has 4 aromatic carbocycles. The number of allylic oxidation sites excluding steroid dienone is 1. The van der Waals surface area contributed by atoms with E-state index in [0.717, 1.165) is 59.1 Å². The molecule has 2 spiro atoms. The molecule has 2 fully saturated rings. The van der Waals surface area contributed by atoms with Gasteiger partial charge in [-0.25, -0.2) is 8.42 Å². The Morgan fingerprint density at radius 1 is 0.717 bits per heavy atom. The highest BCUT2D eigenvalue weighted by molar-refractivity contribution is 7.90. The molecule has 5 atom stereocenters. The summed E-state index contributed by atoms with van der Waals surface area (Å²) in [6.45, 7) is 3.84. The van der Waals surface area contributed by atoms with E-state index in [1.807, 2.05) is 56.4 Å². The number of sulfonamides is 2. The molecular weight excluding hydrogens is 613 g/mol. The second kappa shape index (κ2) is 9.07. The van der Waals surface area contributed by atoms with E-state index in [2.05, 4.69) is 28.7 Å². The first kappa shape index (κ1) is 28.2. The Morgan fingerprint density at radius 2 is 1.33 bits per heavy atom. The van der Waals surface area contributed by atoms with Crippen LogP contribution in [0.15, 0.2) is 117 Å². The van der Waals surface area contributed by atoms with Gasteiger partial charge in [0.15, 0.2) is 0 Å². The lowest BCUT2D eigenvalue weighted by Crippen LogP contribution is -2.71. The van der Waals surface area contributed by atoms with Crippen LogP contribution in [0.3, 0.4) is 0 Å². The molecule has 6 nitrogen and oxygen atoms in total. The third kappa shape index (κ3) is 3.15. The van der Waals surface area contributed by atoms with Crippen LogP contribution < -0.4 is 0 Å². The summed E-state index contributed by atoms with van der Waals surface area (Å²) >= 11 is 0. The second-order valence-electron chi connectivity index (χ2n) is 13.7. The molecule has 0 saturated heterocycles. The highest BCUT2D eigenvalue weighted by Crippen LogP contribution is 2.88. The SMILES string of the molecule is Cc1ccc(S(=O)(=O)/N=C/[C@]23c4ccccc4[C@@H]4CC[C@@]42[C@]24CC[C@H]2c2ccccc2C4=CN3S(=O)(=O)c2ccc(C)cc2)cc1. The van der Waals surface area contributed by atoms with Gasteiger partial charge in [0.25, 0.3) is 20.0 Å². The smallest absolute Gasteiger partial charge is 0.256 e. The molecule has 0 bridgehead atoms. The Bertz CT molecular complexity index is 2240. The lowest BCUT2D eigenvalue weighted by atomic mass is 9.34. The summed E-state index contributed by atoms with van der Waals surface area (Å²) in [5.74, 6) is 0.298. The van der Waals surface area contributed by atoms with Crippen LogP contribution in [0.2, 0.25) is 0 Å². The summed E-state index contributed by atoms with van der Waals surface area (Å²) < 4.78 is 64.1. The number of benzene rings is 4. The molecule has 0 N–H and O–H groups in total. The molecule has 0 unspecified atom stereocenters. The number of aryl methyl sites for hydroxylation is 2. The zero-order valence-electron chi connectivity index (χ0n) is 25.7. The van der Waals surface area contributed by atoms with E-state index < -0.39 is 31.0 Å². The van der Waals surface area contributed by atoms with Crippen molar-refractivity contribution in [3.05, 3.63) is 137 Å². The van der Waals surface area contributed by atoms with Crippen molar-refractivity contribution in [1.82, 2.24) is 4.31 Å². The van der Waals surface area contributed by atoms with Gasteiger partial charge < -0.3 is 0 Å². The van der Waals surface area contributed by atoms with Gasteiger partial charge in [-0.1, -0.05) is 83.9 Å². The molecule has 5 aliphatic rings. The predicted molar refractivity (Wildman–Crippen MR) is 178 cm³/mol. The Morgan fingerprint density at radius 3 is 1.96 bits per heavy atom. The fourth-order valence-corrected chi connectivity index (χ4v) is 12.6. The first-order valence-electron chi connectivity index (χ1n) is 16.0. The van der Waals surface area contributed by atoms with Crippen LogP contribution in [0, 0.1) is 24.7 Å². The minimum Gasteiger partial charge on any atom is -0.256 e. The number of nitrogens with zero attached hydrogens (tertiary/aromatic N) is 2. The topological polar surface area (TPSA) is 83.9 Å². The van der Waals surface area contributed by atoms with E-state index in [4.69, 9.17) is 0 Å². The summed E-state index contributed by atoms with van der Waals surface area (Å²) in [5.41, 5.74) is 4.99. The summed E-state index contributed by atoms with van der Waals surface area (Å²) in [7, 11) is -8.34. The highest BCUT2D eigenvalue weighted by Gasteiger charge is 2.83. The van der Waals surface area contributed by atoms with Crippen LogP contribution in [-0.4, -0.2) is 27.4 Å². The number of fused-ring (bicyclic) bond motifs is 6. The van der Waals surface area contributed by atoms with Crippen molar-refractivity contribution in [3.8, 4) is 0 Å². The molecule has 0 radical (unpaired) electrons. The average Bonchev–Trinajstić information content (AvgIpc) is 3.32. The molecule has 1 aliphatic heterocycles. The summed E-state index contributed by atoms with van der Waals surface area (Å²) in [5, 5.41) is 0. The first-order valence-corrected chi connectivity index (χ1v) is 18.9. The molecule has 1 heterocycles. The maximum Gasteiger partial charge on any atom is 0.282 e. The molecule has 232 valence electrons. The van der Waals surface area contributed by atoms with Gasteiger partial charge in [-0.15, -0.1) is 0 Å². The largest absolute Gasteiger partial charge is 0.282 e. The van der Waals surface area contributed by atoms with E-state index in [1.165, 1.54) is 16.1 Å². The van der Waals surface area contributed by atoms with E-state index in [9.17, 15) is 8.42 Å². The summed E-state index contributed by atoms with van der Waals surface area (Å²) in [4.78, 5) is 0.260. The standard InChI is InChI=1S/C38H34N2O4S2/c1-25-11-15-27(16-12-25)45(41,42)39-24-38-34-10-6-5-9-31(34)33-20-22-37(33,38)36-21-19-32(36)29-7-3-4-8-30(29)35(36)23-40(38)46(43,44)28-17-13-26(2)14-18-28/h3-18,23-24,32-33H,19-22H2,1-2H3/b39-24+/t32-,33-,36+,37-,38-/m0/s1. The molecule has 4 aromatic rings. The van der Waals surface area contributed by atoms with Gasteiger partial charge in [0, 0.05) is 23.2 Å².